The summed E-state index contributed by atoms with van der Waals surface area (Å²) in [5.41, 5.74) is 10.2. The van der Waals surface area contributed by atoms with E-state index in [-0.39, 0.29) is 11.9 Å². The molecule has 0 aliphatic heterocycles. The van der Waals surface area contributed by atoms with Crippen molar-refractivity contribution in [1.82, 2.24) is 10.2 Å². The molecule has 8 heteroatoms. The largest absolute Gasteiger partial charge is 0.415 e. The lowest BCUT2D eigenvalue weighted by atomic mass is 9.80. The van der Waals surface area contributed by atoms with Crippen LogP contribution in [0.25, 0.3) is 21.9 Å². The lowest BCUT2D eigenvalue weighted by Crippen LogP contribution is -2.14. The zero-order valence-corrected chi connectivity index (χ0v) is 12.3. The molecule has 0 N–H and O–H groups in total. The molecule has 23 heavy (non-hydrogen) atoms. The highest BCUT2D eigenvalue weighted by atomic mass is 19.3. The second kappa shape index (κ2) is 6.75. The van der Waals surface area contributed by atoms with Crippen molar-refractivity contribution in [3.63, 3.8) is 0 Å². The van der Waals surface area contributed by atoms with Crippen molar-refractivity contribution in [2.75, 3.05) is 0 Å². The third-order valence-corrected chi connectivity index (χ3v) is 4.14. The SMILES string of the molecule is [N-]=[N+]=NC(CC1CCC1)c1ccc(-c2nnc(C(F)F)o2)cc1. The standard InChI is InChI=1S/C15H15F2N5O/c16-13(17)15-21-20-14(23-15)11-6-4-10(5-7-11)12(19-22-18)8-9-2-1-3-9/h4-7,9,12-13H,1-3,8H2. The fraction of sp³-hybridized carbons (Fsp3) is 0.467. The van der Waals surface area contributed by atoms with Gasteiger partial charge in [-0.15, -0.1) is 10.2 Å². The summed E-state index contributed by atoms with van der Waals surface area (Å²) in [4.78, 5) is 2.93. The van der Waals surface area contributed by atoms with Gasteiger partial charge in [-0.2, -0.15) is 8.78 Å². The van der Waals surface area contributed by atoms with Crippen molar-refractivity contribution >= 4 is 0 Å². The van der Waals surface area contributed by atoms with Crippen LogP contribution in [0.2, 0.25) is 0 Å². The lowest BCUT2D eigenvalue weighted by Gasteiger charge is -2.28. The number of nitrogens with zero attached hydrogens (tertiary/aromatic N) is 5. The third-order valence-electron chi connectivity index (χ3n) is 4.14. The van der Waals surface area contributed by atoms with Crippen LogP contribution in [-0.2, 0) is 0 Å². The van der Waals surface area contributed by atoms with E-state index < -0.39 is 12.3 Å². The summed E-state index contributed by atoms with van der Waals surface area (Å²) in [7, 11) is 0. The number of azide groups is 1. The third kappa shape index (κ3) is 3.48. The topological polar surface area (TPSA) is 87.7 Å². The van der Waals surface area contributed by atoms with Crippen molar-refractivity contribution in [3.05, 3.63) is 46.2 Å². The van der Waals surface area contributed by atoms with Gasteiger partial charge in [0.1, 0.15) is 0 Å². The maximum absolute atomic E-state index is 12.5. The van der Waals surface area contributed by atoms with Crippen LogP contribution < -0.4 is 0 Å². The highest BCUT2D eigenvalue weighted by Crippen LogP contribution is 2.37. The Kier molecular flexibility index (Phi) is 4.52. The predicted molar refractivity (Wildman–Crippen MR) is 78.5 cm³/mol. The summed E-state index contributed by atoms with van der Waals surface area (Å²) >= 11 is 0. The summed E-state index contributed by atoms with van der Waals surface area (Å²) in [5.74, 6) is -0.0399. The molecule has 1 atom stereocenters. The minimum absolute atomic E-state index is 0.0474. The van der Waals surface area contributed by atoms with Gasteiger partial charge in [-0.1, -0.05) is 36.5 Å². The van der Waals surface area contributed by atoms with Crippen LogP contribution >= 0.6 is 0 Å². The van der Waals surface area contributed by atoms with Gasteiger partial charge in [-0.3, -0.25) is 0 Å². The summed E-state index contributed by atoms with van der Waals surface area (Å²) < 4.78 is 29.9. The summed E-state index contributed by atoms with van der Waals surface area (Å²) in [6, 6.07) is 6.81. The Labute approximate surface area is 131 Å². The Hall–Kier alpha value is -2.47. The molecule has 1 aliphatic carbocycles. The fourth-order valence-electron chi connectivity index (χ4n) is 2.64. The van der Waals surface area contributed by atoms with E-state index >= 15 is 0 Å². The van der Waals surface area contributed by atoms with Crippen molar-refractivity contribution < 1.29 is 13.2 Å². The van der Waals surface area contributed by atoms with E-state index in [0.717, 1.165) is 12.0 Å². The molecule has 120 valence electrons. The maximum Gasteiger partial charge on any atom is 0.314 e. The van der Waals surface area contributed by atoms with Crippen LogP contribution in [0.5, 0.6) is 0 Å². The zero-order chi connectivity index (χ0) is 16.2. The molecule has 1 fully saturated rings. The van der Waals surface area contributed by atoms with Crippen LogP contribution in [0.15, 0.2) is 33.8 Å². The average Bonchev–Trinajstić information content (AvgIpc) is 3.00. The highest BCUT2D eigenvalue weighted by molar-refractivity contribution is 5.53. The minimum Gasteiger partial charge on any atom is -0.415 e. The number of hydrogen-bond donors (Lipinski definition) is 0. The van der Waals surface area contributed by atoms with Crippen molar-refractivity contribution in [3.8, 4) is 11.5 Å². The van der Waals surface area contributed by atoms with E-state index in [1.807, 2.05) is 0 Å². The van der Waals surface area contributed by atoms with Gasteiger partial charge in [-0.25, -0.2) is 0 Å². The molecule has 1 saturated carbocycles. The Balaban J connectivity index is 1.77. The van der Waals surface area contributed by atoms with E-state index in [1.54, 1.807) is 24.3 Å². The first-order chi connectivity index (χ1) is 11.2. The molecule has 2 aromatic rings. The van der Waals surface area contributed by atoms with Crippen LogP contribution in [0.3, 0.4) is 0 Å². The molecular formula is C15H15F2N5O. The number of rotatable bonds is 6. The van der Waals surface area contributed by atoms with Gasteiger partial charge in [0.15, 0.2) is 0 Å². The van der Waals surface area contributed by atoms with Crippen molar-refractivity contribution in [2.45, 2.75) is 38.2 Å². The number of halogens is 2. The Bertz CT molecular complexity index is 705. The molecular weight excluding hydrogens is 304 g/mol. The first-order valence-corrected chi connectivity index (χ1v) is 7.43. The second-order valence-electron chi connectivity index (χ2n) is 5.62. The Morgan fingerprint density at radius 3 is 2.52 bits per heavy atom. The number of alkyl halides is 2. The molecule has 1 aromatic heterocycles. The molecule has 0 radical (unpaired) electrons. The smallest absolute Gasteiger partial charge is 0.314 e. The molecule has 1 heterocycles. The van der Waals surface area contributed by atoms with Gasteiger partial charge in [0.25, 0.3) is 5.89 Å². The highest BCUT2D eigenvalue weighted by Gasteiger charge is 2.23. The van der Waals surface area contributed by atoms with Gasteiger partial charge in [0.05, 0.1) is 6.04 Å². The molecule has 0 spiro atoms. The molecule has 1 aliphatic rings. The van der Waals surface area contributed by atoms with Gasteiger partial charge < -0.3 is 4.42 Å². The summed E-state index contributed by atoms with van der Waals surface area (Å²) in [6.45, 7) is 0. The van der Waals surface area contributed by atoms with Crippen LogP contribution in [0, 0.1) is 5.92 Å². The van der Waals surface area contributed by atoms with E-state index in [1.165, 1.54) is 19.3 Å². The first-order valence-electron chi connectivity index (χ1n) is 7.43. The molecule has 1 aromatic carbocycles. The van der Waals surface area contributed by atoms with Gasteiger partial charge >= 0.3 is 6.43 Å². The number of hydrogen-bond acceptors (Lipinski definition) is 4. The maximum atomic E-state index is 12.5. The Morgan fingerprint density at radius 2 is 2.00 bits per heavy atom. The first kappa shape index (κ1) is 15.4. The van der Waals surface area contributed by atoms with Crippen molar-refractivity contribution in [2.24, 2.45) is 11.0 Å². The molecule has 6 nitrogen and oxygen atoms in total. The lowest BCUT2D eigenvalue weighted by molar-refractivity contribution is 0.116. The van der Waals surface area contributed by atoms with Crippen LogP contribution in [-0.4, -0.2) is 10.2 Å². The predicted octanol–water partition coefficient (Wildman–Crippen LogP) is 5.22. The molecule has 0 amide bonds. The zero-order valence-electron chi connectivity index (χ0n) is 12.3. The normalized spacial score (nSPS) is 16.0. The van der Waals surface area contributed by atoms with E-state index in [9.17, 15) is 8.78 Å². The Morgan fingerprint density at radius 1 is 1.26 bits per heavy atom. The quantitative estimate of drug-likeness (QED) is 0.415. The number of aromatic nitrogens is 2. The minimum atomic E-state index is -2.78. The summed E-state index contributed by atoms with van der Waals surface area (Å²) in [5, 5.41) is 10.8. The summed E-state index contributed by atoms with van der Waals surface area (Å²) in [6.07, 6.45) is 1.63. The van der Waals surface area contributed by atoms with Crippen molar-refractivity contribution in [1.29, 1.82) is 0 Å². The molecule has 0 saturated heterocycles. The second-order valence-corrected chi connectivity index (χ2v) is 5.62. The monoisotopic (exact) mass is 319 g/mol. The van der Waals surface area contributed by atoms with Gasteiger partial charge in [0, 0.05) is 10.5 Å². The fourth-order valence-corrected chi connectivity index (χ4v) is 2.64. The van der Waals surface area contributed by atoms with E-state index in [2.05, 4.69) is 20.2 Å². The van der Waals surface area contributed by atoms with Crippen LogP contribution in [0.4, 0.5) is 8.78 Å². The van der Waals surface area contributed by atoms with Gasteiger partial charge in [0.2, 0.25) is 5.89 Å². The van der Waals surface area contributed by atoms with Gasteiger partial charge in [-0.05, 0) is 35.6 Å². The van der Waals surface area contributed by atoms with E-state index in [4.69, 9.17) is 9.95 Å². The molecule has 3 rings (SSSR count). The number of benzene rings is 1. The van der Waals surface area contributed by atoms with Crippen LogP contribution in [0.1, 0.15) is 49.6 Å². The average molecular weight is 319 g/mol. The molecule has 1 unspecified atom stereocenters. The van der Waals surface area contributed by atoms with E-state index in [0.29, 0.717) is 11.5 Å². The molecule has 0 bridgehead atoms.